The standard InChI is InChI=1S/C10H12ClNO3/c1-6(5-11)12-10(15)8-4-7(13)2-3-9(8)14/h2-4,6,13-14H,5H2,1H3,(H,12,15). The Hall–Kier alpha value is -1.42. The van der Waals surface area contributed by atoms with Gasteiger partial charge in [-0.15, -0.1) is 11.6 Å². The van der Waals surface area contributed by atoms with Gasteiger partial charge in [-0.2, -0.15) is 0 Å². The molecule has 0 radical (unpaired) electrons. The third-order valence-electron chi connectivity index (χ3n) is 1.83. The van der Waals surface area contributed by atoms with Crippen LogP contribution in [-0.2, 0) is 0 Å². The van der Waals surface area contributed by atoms with Gasteiger partial charge in [-0.1, -0.05) is 0 Å². The number of phenols is 2. The highest BCUT2D eigenvalue weighted by Crippen LogP contribution is 2.21. The minimum Gasteiger partial charge on any atom is -0.508 e. The number of alkyl halides is 1. The molecule has 1 atom stereocenters. The zero-order chi connectivity index (χ0) is 11.4. The predicted molar refractivity (Wildman–Crippen MR) is 57.4 cm³/mol. The molecule has 0 aliphatic carbocycles. The predicted octanol–water partition coefficient (Wildman–Crippen LogP) is 1.45. The number of aromatic hydroxyl groups is 2. The van der Waals surface area contributed by atoms with Crippen molar-refractivity contribution in [1.29, 1.82) is 0 Å². The van der Waals surface area contributed by atoms with E-state index < -0.39 is 5.91 Å². The maximum Gasteiger partial charge on any atom is 0.255 e. The molecule has 1 amide bonds. The number of halogens is 1. The summed E-state index contributed by atoms with van der Waals surface area (Å²) in [6.45, 7) is 1.74. The maximum absolute atomic E-state index is 11.5. The van der Waals surface area contributed by atoms with Crippen molar-refractivity contribution in [2.45, 2.75) is 13.0 Å². The summed E-state index contributed by atoms with van der Waals surface area (Å²) < 4.78 is 0. The topological polar surface area (TPSA) is 69.6 Å². The number of rotatable bonds is 3. The lowest BCUT2D eigenvalue weighted by Gasteiger charge is -2.11. The van der Waals surface area contributed by atoms with Gasteiger partial charge >= 0.3 is 0 Å². The van der Waals surface area contributed by atoms with E-state index in [-0.39, 0.29) is 29.0 Å². The second-order valence-electron chi connectivity index (χ2n) is 3.23. The van der Waals surface area contributed by atoms with Crippen molar-refractivity contribution >= 4 is 17.5 Å². The van der Waals surface area contributed by atoms with Crippen LogP contribution in [0.5, 0.6) is 11.5 Å². The molecule has 1 aromatic rings. The molecule has 1 unspecified atom stereocenters. The lowest BCUT2D eigenvalue weighted by Crippen LogP contribution is -2.33. The Balaban J connectivity index is 2.86. The first kappa shape index (κ1) is 11.7. The molecule has 3 N–H and O–H groups in total. The molecule has 0 aliphatic heterocycles. The number of amides is 1. The fraction of sp³-hybridized carbons (Fsp3) is 0.300. The highest BCUT2D eigenvalue weighted by Gasteiger charge is 2.13. The smallest absolute Gasteiger partial charge is 0.255 e. The first-order valence-electron chi connectivity index (χ1n) is 4.43. The van der Waals surface area contributed by atoms with Gasteiger partial charge in [0.25, 0.3) is 5.91 Å². The minimum absolute atomic E-state index is 0.0342. The fourth-order valence-electron chi connectivity index (χ4n) is 1.05. The van der Waals surface area contributed by atoms with Crippen LogP contribution in [0.3, 0.4) is 0 Å². The Bertz CT molecular complexity index is 368. The number of carbonyl (C=O) groups is 1. The van der Waals surface area contributed by atoms with Gasteiger partial charge in [0, 0.05) is 11.9 Å². The SMILES string of the molecule is CC(CCl)NC(=O)c1cc(O)ccc1O. The molecule has 1 rings (SSSR count). The van der Waals surface area contributed by atoms with Crippen LogP contribution in [0.15, 0.2) is 18.2 Å². The lowest BCUT2D eigenvalue weighted by molar-refractivity contribution is 0.0940. The molecule has 82 valence electrons. The van der Waals surface area contributed by atoms with Gasteiger partial charge in [0.1, 0.15) is 11.5 Å². The monoisotopic (exact) mass is 229 g/mol. The highest BCUT2D eigenvalue weighted by atomic mass is 35.5. The van der Waals surface area contributed by atoms with Gasteiger partial charge in [0.15, 0.2) is 0 Å². The second-order valence-corrected chi connectivity index (χ2v) is 3.54. The quantitative estimate of drug-likeness (QED) is 0.543. The van der Waals surface area contributed by atoms with Gasteiger partial charge in [0.05, 0.1) is 5.56 Å². The van der Waals surface area contributed by atoms with Crippen molar-refractivity contribution in [3.05, 3.63) is 23.8 Å². The summed E-state index contributed by atoms with van der Waals surface area (Å²) in [7, 11) is 0. The average Bonchev–Trinajstić information content (AvgIpc) is 2.21. The Labute approximate surface area is 92.5 Å². The number of hydrogen-bond acceptors (Lipinski definition) is 3. The van der Waals surface area contributed by atoms with Gasteiger partial charge in [0.2, 0.25) is 0 Å². The van der Waals surface area contributed by atoms with Crippen molar-refractivity contribution in [3.63, 3.8) is 0 Å². The third kappa shape index (κ3) is 3.02. The number of hydrogen-bond donors (Lipinski definition) is 3. The fourth-order valence-corrected chi connectivity index (χ4v) is 1.12. The van der Waals surface area contributed by atoms with E-state index in [1.54, 1.807) is 6.92 Å². The van der Waals surface area contributed by atoms with Gasteiger partial charge in [-0.3, -0.25) is 4.79 Å². The Morgan fingerprint density at radius 3 is 2.80 bits per heavy atom. The van der Waals surface area contributed by atoms with Crippen molar-refractivity contribution in [2.75, 3.05) is 5.88 Å². The zero-order valence-electron chi connectivity index (χ0n) is 8.20. The van der Waals surface area contributed by atoms with Crippen molar-refractivity contribution < 1.29 is 15.0 Å². The van der Waals surface area contributed by atoms with E-state index in [1.165, 1.54) is 18.2 Å². The molecular weight excluding hydrogens is 218 g/mol. The summed E-state index contributed by atoms with van der Waals surface area (Å²) in [5, 5.41) is 21.1. The first-order chi connectivity index (χ1) is 7.04. The zero-order valence-corrected chi connectivity index (χ0v) is 8.95. The van der Waals surface area contributed by atoms with Crippen molar-refractivity contribution in [1.82, 2.24) is 5.32 Å². The van der Waals surface area contributed by atoms with Crippen molar-refractivity contribution in [2.24, 2.45) is 0 Å². The number of benzene rings is 1. The van der Waals surface area contributed by atoms with E-state index >= 15 is 0 Å². The van der Waals surface area contributed by atoms with E-state index in [1.807, 2.05) is 0 Å². The summed E-state index contributed by atoms with van der Waals surface area (Å²) >= 11 is 5.53. The normalized spacial score (nSPS) is 12.1. The summed E-state index contributed by atoms with van der Waals surface area (Å²) in [6, 6.07) is 3.57. The molecular formula is C10H12ClNO3. The third-order valence-corrected chi connectivity index (χ3v) is 2.30. The van der Waals surface area contributed by atoms with E-state index in [0.29, 0.717) is 0 Å². The van der Waals surface area contributed by atoms with Gasteiger partial charge in [-0.05, 0) is 25.1 Å². The van der Waals surface area contributed by atoms with Crippen LogP contribution in [0.2, 0.25) is 0 Å². The van der Waals surface area contributed by atoms with Crippen LogP contribution in [0.4, 0.5) is 0 Å². The summed E-state index contributed by atoms with van der Waals surface area (Å²) in [6.07, 6.45) is 0. The van der Waals surface area contributed by atoms with Crippen LogP contribution in [0.25, 0.3) is 0 Å². The molecule has 0 fully saturated rings. The molecule has 0 heterocycles. The average molecular weight is 230 g/mol. The number of nitrogens with one attached hydrogen (secondary N) is 1. The molecule has 0 aromatic heterocycles. The van der Waals surface area contributed by atoms with E-state index in [9.17, 15) is 9.90 Å². The minimum atomic E-state index is -0.462. The molecule has 0 spiro atoms. The first-order valence-corrected chi connectivity index (χ1v) is 4.97. The van der Waals surface area contributed by atoms with Crippen LogP contribution in [-0.4, -0.2) is 28.0 Å². The molecule has 4 nitrogen and oxygen atoms in total. The molecule has 0 bridgehead atoms. The maximum atomic E-state index is 11.5. The molecule has 0 saturated heterocycles. The Morgan fingerprint density at radius 1 is 1.53 bits per heavy atom. The number of phenolic OH excluding ortho intramolecular Hbond substituents is 2. The van der Waals surface area contributed by atoms with Crippen LogP contribution >= 0.6 is 11.6 Å². The summed E-state index contributed by atoms with van der Waals surface area (Å²) in [5.41, 5.74) is 0.0342. The van der Waals surface area contributed by atoms with E-state index in [2.05, 4.69) is 5.32 Å². The van der Waals surface area contributed by atoms with Gasteiger partial charge in [-0.25, -0.2) is 0 Å². The summed E-state index contributed by atoms with van der Waals surface area (Å²) in [5.74, 6) is -0.425. The van der Waals surface area contributed by atoms with Crippen LogP contribution in [0.1, 0.15) is 17.3 Å². The molecule has 5 heteroatoms. The molecule has 0 aliphatic rings. The Morgan fingerprint density at radius 2 is 2.20 bits per heavy atom. The van der Waals surface area contributed by atoms with Crippen molar-refractivity contribution in [3.8, 4) is 11.5 Å². The summed E-state index contributed by atoms with van der Waals surface area (Å²) in [4.78, 5) is 11.5. The molecule has 0 saturated carbocycles. The second kappa shape index (κ2) is 4.89. The lowest BCUT2D eigenvalue weighted by atomic mass is 10.1. The number of carbonyl (C=O) groups excluding carboxylic acids is 1. The van der Waals surface area contributed by atoms with Gasteiger partial charge < -0.3 is 15.5 Å². The van der Waals surface area contributed by atoms with Crippen LogP contribution < -0.4 is 5.32 Å². The Kier molecular flexibility index (Phi) is 3.80. The van der Waals surface area contributed by atoms with E-state index in [4.69, 9.17) is 16.7 Å². The van der Waals surface area contributed by atoms with E-state index in [0.717, 1.165) is 0 Å². The molecule has 15 heavy (non-hydrogen) atoms. The molecule has 1 aromatic carbocycles. The van der Waals surface area contributed by atoms with Crippen LogP contribution in [0, 0.1) is 0 Å². The largest absolute Gasteiger partial charge is 0.508 e. The highest BCUT2D eigenvalue weighted by molar-refractivity contribution is 6.18.